The Morgan fingerprint density at radius 3 is 2.50 bits per heavy atom. The van der Waals surface area contributed by atoms with Crippen LogP contribution in [0, 0.1) is 5.41 Å². The Morgan fingerprint density at radius 1 is 1.05 bits per heavy atom. The van der Waals surface area contributed by atoms with E-state index in [4.69, 9.17) is 10.7 Å². The number of nitrogens with zero attached hydrogens (tertiary/aromatic N) is 3. The van der Waals surface area contributed by atoms with Gasteiger partial charge in [-0.15, -0.1) is 0 Å². The average Bonchev–Trinajstić information content (AvgIpc) is 2.59. The van der Waals surface area contributed by atoms with E-state index in [-0.39, 0.29) is 0 Å². The van der Waals surface area contributed by atoms with E-state index in [2.05, 4.69) is 23.7 Å². The van der Waals surface area contributed by atoms with Gasteiger partial charge in [-0.3, -0.25) is 0 Å². The molecular formula is C16H22N4. The Hall–Kier alpha value is -1.84. The monoisotopic (exact) mass is 270 g/mol. The largest absolute Gasteiger partial charge is 0.381 e. The van der Waals surface area contributed by atoms with Gasteiger partial charge in [0.05, 0.1) is 11.0 Å². The maximum Gasteiger partial charge on any atom is 0.172 e. The number of hydrogen-bond donors (Lipinski definition) is 1. The van der Waals surface area contributed by atoms with E-state index in [1.165, 1.54) is 19.3 Å². The number of benzene rings is 1. The summed E-state index contributed by atoms with van der Waals surface area (Å²) in [6, 6.07) is 7.90. The third-order valence-electron chi connectivity index (χ3n) is 4.22. The second kappa shape index (κ2) is 4.93. The van der Waals surface area contributed by atoms with E-state index < -0.39 is 0 Å². The summed E-state index contributed by atoms with van der Waals surface area (Å²) in [4.78, 5) is 11.5. The molecule has 2 heterocycles. The summed E-state index contributed by atoms with van der Waals surface area (Å²) in [7, 11) is 0. The van der Waals surface area contributed by atoms with E-state index in [1.54, 1.807) is 0 Å². The zero-order valence-corrected chi connectivity index (χ0v) is 12.3. The van der Waals surface area contributed by atoms with Gasteiger partial charge in [0.25, 0.3) is 0 Å². The molecule has 1 saturated heterocycles. The number of nitrogens with two attached hydrogens (primary N) is 1. The van der Waals surface area contributed by atoms with Crippen molar-refractivity contribution < 1.29 is 0 Å². The summed E-state index contributed by atoms with van der Waals surface area (Å²) in [5.74, 6) is 1.39. The predicted octanol–water partition coefficient (Wildman–Crippen LogP) is 3.23. The van der Waals surface area contributed by atoms with Crippen LogP contribution in [0.1, 0.15) is 33.1 Å². The minimum Gasteiger partial charge on any atom is -0.381 e. The quantitative estimate of drug-likeness (QED) is 0.864. The summed E-state index contributed by atoms with van der Waals surface area (Å²) >= 11 is 0. The van der Waals surface area contributed by atoms with Crippen molar-refractivity contribution in [2.24, 2.45) is 5.41 Å². The maximum absolute atomic E-state index is 6.12. The number of anilines is 2. The summed E-state index contributed by atoms with van der Waals surface area (Å²) in [6.45, 7) is 6.70. The molecule has 20 heavy (non-hydrogen) atoms. The first-order chi connectivity index (χ1) is 9.55. The first-order valence-corrected chi connectivity index (χ1v) is 7.32. The molecule has 0 radical (unpaired) electrons. The van der Waals surface area contributed by atoms with Gasteiger partial charge in [0.2, 0.25) is 0 Å². The third-order valence-corrected chi connectivity index (χ3v) is 4.22. The van der Waals surface area contributed by atoms with Crippen LogP contribution >= 0.6 is 0 Å². The normalized spacial score (nSPS) is 19.0. The van der Waals surface area contributed by atoms with Crippen LogP contribution in [0.5, 0.6) is 0 Å². The molecular weight excluding hydrogens is 248 g/mol. The number of rotatable bonds is 1. The summed E-state index contributed by atoms with van der Waals surface area (Å²) < 4.78 is 0. The van der Waals surface area contributed by atoms with Gasteiger partial charge in [-0.1, -0.05) is 26.0 Å². The molecule has 0 spiro atoms. The minimum atomic E-state index is 0.411. The van der Waals surface area contributed by atoms with Crippen molar-refractivity contribution in [1.29, 1.82) is 0 Å². The van der Waals surface area contributed by atoms with Crippen molar-refractivity contribution in [3.8, 4) is 0 Å². The Bertz CT molecular complexity index is 621. The van der Waals surface area contributed by atoms with Gasteiger partial charge in [0.15, 0.2) is 11.6 Å². The van der Waals surface area contributed by atoms with Crippen molar-refractivity contribution in [3.05, 3.63) is 24.3 Å². The molecule has 0 aliphatic carbocycles. The molecule has 0 unspecified atom stereocenters. The van der Waals surface area contributed by atoms with Gasteiger partial charge in [0.1, 0.15) is 0 Å². The lowest BCUT2D eigenvalue weighted by atomic mass is 9.85. The standard InChI is InChI=1S/C16H22N4/c1-16(2)8-5-10-20(11-9-16)15-14(17)18-12-6-3-4-7-13(12)19-15/h3-4,6-7H,5,8-11H2,1-2H3,(H2,17,18). The molecule has 2 aromatic rings. The highest BCUT2D eigenvalue weighted by Gasteiger charge is 2.24. The minimum absolute atomic E-state index is 0.411. The lowest BCUT2D eigenvalue weighted by Crippen LogP contribution is -2.27. The molecule has 1 aliphatic heterocycles. The number of para-hydroxylation sites is 2. The van der Waals surface area contributed by atoms with Crippen molar-refractivity contribution in [1.82, 2.24) is 9.97 Å². The van der Waals surface area contributed by atoms with Crippen LogP contribution in [-0.4, -0.2) is 23.1 Å². The van der Waals surface area contributed by atoms with Gasteiger partial charge in [-0.25, -0.2) is 9.97 Å². The Morgan fingerprint density at radius 2 is 1.75 bits per heavy atom. The second-order valence-electron chi connectivity index (χ2n) is 6.43. The molecule has 4 heteroatoms. The van der Waals surface area contributed by atoms with Crippen molar-refractivity contribution in [3.63, 3.8) is 0 Å². The van der Waals surface area contributed by atoms with E-state index >= 15 is 0 Å². The van der Waals surface area contributed by atoms with E-state index in [0.29, 0.717) is 11.2 Å². The first kappa shape index (κ1) is 13.2. The summed E-state index contributed by atoms with van der Waals surface area (Å²) in [6.07, 6.45) is 3.60. The zero-order chi connectivity index (χ0) is 14.2. The lowest BCUT2D eigenvalue weighted by Gasteiger charge is -2.24. The predicted molar refractivity (Wildman–Crippen MR) is 83.8 cm³/mol. The highest BCUT2D eigenvalue weighted by Crippen LogP contribution is 2.32. The lowest BCUT2D eigenvalue weighted by molar-refractivity contribution is 0.325. The fraction of sp³-hybridized carbons (Fsp3) is 0.500. The first-order valence-electron chi connectivity index (χ1n) is 7.32. The van der Waals surface area contributed by atoms with Crippen molar-refractivity contribution >= 4 is 22.7 Å². The molecule has 0 amide bonds. The van der Waals surface area contributed by atoms with Crippen LogP contribution < -0.4 is 10.6 Å². The van der Waals surface area contributed by atoms with Gasteiger partial charge in [0, 0.05) is 13.1 Å². The maximum atomic E-state index is 6.12. The van der Waals surface area contributed by atoms with Crippen LogP contribution in [0.25, 0.3) is 11.0 Å². The molecule has 0 atom stereocenters. The molecule has 1 aromatic carbocycles. The van der Waals surface area contributed by atoms with Crippen LogP contribution in [0.4, 0.5) is 11.6 Å². The number of nitrogen functional groups attached to an aromatic ring is 1. The van der Waals surface area contributed by atoms with Gasteiger partial charge in [-0.2, -0.15) is 0 Å². The number of aromatic nitrogens is 2. The van der Waals surface area contributed by atoms with Crippen molar-refractivity contribution in [2.75, 3.05) is 23.7 Å². The topological polar surface area (TPSA) is 55.0 Å². The van der Waals surface area contributed by atoms with Gasteiger partial charge in [-0.05, 0) is 36.8 Å². The Kier molecular flexibility index (Phi) is 3.24. The zero-order valence-electron chi connectivity index (χ0n) is 12.3. The fourth-order valence-electron chi connectivity index (χ4n) is 2.87. The van der Waals surface area contributed by atoms with Crippen molar-refractivity contribution in [2.45, 2.75) is 33.1 Å². The molecule has 4 nitrogen and oxygen atoms in total. The fourth-order valence-corrected chi connectivity index (χ4v) is 2.87. The molecule has 1 aromatic heterocycles. The Labute approximate surface area is 120 Å². The third kappa shape index (κ3) is 2.55. The number of hydrogen-bond acceptors (Lipinski definition) is 4. The molecule has 0 bridgehead atoms. The second-order valence-corrected chi connectivity index (χ2v) is 6.43. The van der Waals surface area contributed by atoms with Crippen LogP contribution in [0.2, 0.25) is 0 Å². The van der Waals surface area contributed by atoms with E-state index in [0.717, 1.165) is 29.9 Å². The SMILES string of the molecule is CC1(C)CCCN(c2nc3ccccc3nc2N)CC1. The van der Waals surface area contributed by atoms with E-state index in [1.807, 2.05) is 24.3 Å². The Balaban J connectivity index is 1.95. The van der Waals surface area contributed by atoms with Gasteiger partial charge < -0.3 is 10.6 Å². The molecule has 0 saturated carbocycles. The summed E-state index contributed by atoms with van der Waals surface area (Å²) in [5, 5.41) is 0. The highest BCUT2D eigenvalue weighted by molar-refractivity contribution is 5.79. The molecule has 1 aliphatic rings. The smallest absolute Gasteiger partial charge is 0.172 e. The van der Waals surface area contributed by atoms with Gasteiger partial charge >= 0.3 is 0 Å². The molecule has 3 rings (SSSR count). The van der Waals surface area contributed by atoms with E-state index in [9.17, 15) is 0 Å². The average molecular weight is 270 g/mol. The summed E-state index contributed by atoms with van der Waals surface area (Å²) in [5.41, 5.74) is 8.31. The molecule has 106 valence electrons. The molecule has 1 fully saturated rings. The highest BCUT2D eigenvalue weighted by atomic mass is 15.2. The van der Waals surface area contributed by atoms with Crippen LogP contribution in [0.3, 0.4) is 0 Å². The molecule has 2 N–H and O–H groups in total. The van der Waals surface area contributed by atoms with Crippen LogP contribution in [0.15, 0.2) is 24.3 Å². The van der Waals surface area contributed by atoms with Crippen LogP contribution in [-0.2, 0) is 0 Å². The number of fused-ring (bicyclic) bond motifs is 1.